The topological polar surface area (TPSA) is 57.6 Å². The molecule has 1 aliphatic heterocycles. The Labute approximate surface area is 179 Å². The summed E-state index contributed by atoms with van der Waals surface area (Å²) in [6.45, 7) is 0.310. The zero-order valence-electron chi connectivity index (χ0n) is 13.8. The van der Waals surface area contributed by atoms with Crippen LogP contribution in [0.4, 0.5) is 0 Å². The average molecular weight is 458 g/mol. The quantitative estimate of drug-likeness (QED) is 0.439. The fourth-order valence-electron chi connectivity index (χ4n) is 2.50. The predicted molar refractivity (Wildman–Crippen MR) is 117 cm³/mol. The molecule has 0 unspecified atom stereocenters. The fourth-order valence-corrected chi connectivity index (χ4v) is 5.23. The molecule has 0 spiro atoms. The van der Waals surface area contributed by atoms with Gasteiger partial charge in [-0.1, -0.05) is 53.2 Å². The van der Waals surface area contributed by atoms with E-state index in [9.17, 15) is 9.59 Å². The lowest BCUT2D eigenvalue weighted by molar-refractivity contribution is -0.137. The van der Waals surface area contributed by atoms with Crippen molar-refractivity contribution in [2.75, 3.05) is 6.54 Å². The summed E-state index contributed by atoms with van der Waals surface area (Å²) < 4.78 is 0.453. The van der Waals surface area contributed by atoms with E-state index in [1.165, 1.54) is 28.0 Å². The predicted octanol–water partition coefficient (Wildman–Crippen LogP) is 5.79. The van der Waals surface area contributed by atoms with Crippen LogP contribution in [-0.2, 0) is 9.59 Å². The molecule has 1 aromatic carbocycles. The van der Waals surface area contributed by atoms with E-state index in [4.69, 9.17) is 40.5 Å². The minimum Gasteiger partial charge on any atom is -0.481 e. The maximum Gasteiger partial charge on any atom is 0.303 e. The number of thiocarbonyl (C=S) groups is 1. The standard InChI is InChI=1S/C18H13Cl2NO3S3/c19-11-3-4-13(14(20)7-11)10-6-12(26-9-10)8-15-17(24)21(18(25)27-15)5-1-2-16(22)23/h3-4,6-9H,1-2,5H2,(H,22,23)/b15-8-. The highest BCUT2D eigenvalue weighted by atomic mass is 35.5. The summed E-state index contributed by atoms with van der Waals surface area (Å²) in [6.07, 6.45) is 2.17. The van der Waals surface area contributed by atoms with Gasteiger partial charge in [0.1, 0.15) is 4.32 Å². The van der Waals surface area contributed by atoms with Gasteiger partial charge in [-0.3, -0.25) is 14.5 Å². The first-order chi connectivity index (χ1) is 12.8. The molecule has 1 aliphatic rings. The number of carboxylic acid groups (broad SMARTS) is 1. The number of amides is 1. The van der Waals surface area contributed by atoms with Crippen LogP contribution in [0.1, 0.15) is 17.7 Å². The maximum absolute atomic E-state index is 12.5. The van der Waals surface area contributed by atoms with Crippen LogP contribution in [0.3, 0.4) is 0 Å². The summed E-state index contributed by atoms with van der Waals surface area (Å²) in [4.78, 5) is 26.1. The summed E-state index contributed by atoms with van der Waals surface area (Å²) in [5.74, 6) is -1.07. The number of carboxylic acids is 1. The Kier molecular flexibility index (Phi) is 6.60. The molecule has 0 bridgehead atoms. The molecule has 140 valence electrons. The Bertz CT molecular complexity index is 955. The molecule has 1 saturated heterocycles. The average Bonchev–Trinajstić information content (AvgIpc) is 3.15. The molecule has 2 heterocycles. The highest BCUT2D eigenvalue weighted by molar-refractivity contribution is 8.26. The van der Waals surface area contributed by atoms with Crippen molar-refractivity contribution >= 4 is 80.8 Å². The SMILES string of the molecule is O=C(O)CCCN1C(=O)/C(=C/c2cc(-c3ccc(Cl)cc3Cl)cs2)SC1=S. The monoisotopic (exact) mass is 457 g/mol. The van der Waals surface area contributed by atoms with Crippen LogP contribution in [0.15, 0.2) is 34.6 Å². The van der Waals surface area contributed by atoms with E-state index in [1.807, 2.05) is 17.5 Å². The lowest BCUT2D eigenvalue weighted by atomic mass is 10.1. The van der Waals surface area contributed by atoms with Crippen molar-refractivity contribution in [1.82, 2.24) is 4.90 Å². The van der Waals surface area contributed by atoms with Gasteiger partial charge in [-0.25, -0.2) is 0 Å². The maximum atomic E-state index is 12.5. The molecule has 27 heavy (non-hydrogen) atoms. The van der Waals surface area contributed by atoms with Crippen LogP contribution in [0, 0.1) is 0 Å². The lowest BCUT2D eigenvalue weighted by Gasteiger charge is -2.13. The third-order valence-electron chi connectivity index (χ3n) is 3.78. The zero-order chi connectivity index (χ0) is 19.6. The summed E-state index contributed by atoms with van der Waals surface area (Å²) >= 11 is 20.2. The van der Waals surface area contributed by atoms with Gasteiger partial charge in [0.15, 0.2) is 0 Å². The Hall–Kier alpha value is -1.38. The molecule has 2 aromatic rings. The molecule has 0 aliphatic carbocycles. The van der Waals surface area contributed by atoms with Gasteiger partial charge in [-0.2, -0.15) is 0 Å². The number of thioether (sulfide) groups is 1. The van der Waals surface area contributed by atoms with Crippen molar-refractivity contribution in [2.24, 2.45) is 0 Å². The number of hydrogen-bond acceptors (Lipinski definition) is 5. The Morgan fingerprint density at radius 1 is 1.30 bits per heavy atom. The van der Waals surface area contributed by atoms with Gasteiger partial charge in [0.05, 0.1) is 4.91 Å². The number of thiophene rings is 1. The molecule has 1 fully saturated rings. The van der Waals surface area contributed by atoms with E-state index in [1.54, 1.807) is 18.2 Å². The van der Waals surface area contributed by atoms with Crippen LogP contribution in [0.5, 0.6) is 0 Å². The van der Waals surface area contributed by atoms with Crippen LogP contribution in [-0.4, -0.2) is 32.7 Å². The van der Waals surface area contributed by atoms with Crippen LogP contribution in [0.2, 0.25) is 10.0 Å². The highest BCUT2D eigenvalue weighted by Gasteiger charge is 2.31. The van der Waals surface area contributed by atoms with Crippen LogP contribution < -0.4 is 0 Å². The largest absolute Gasteiger partial charge is 0.481 e. The second-order valence-corrected chi connectivity index (χ2v) is 9.15. The number of hydrogen-bond donors (Lipinski definition) is 1. The second kappa shape index (κ2) is 8.75. The number of carbonyl (C=O) groups excluding carboxylic acids is 1. The van der Waals surface area contributed by atoms with Crippen molar-refractivity contribution in [3.63, 3.8) is 0 Å². The number of aliphatic carboxylic acids is 1. The number of nitrogens with zero attached hydrogens (tertiary/aromatic N) is 1. The van der Waals surface area contributed by atoms with Crippen molar-refractivity contribution < 1.29 is 14.7 Å². The zero-order valence-corrected chi connectivity index (χ0v) is 17.7. The number of benzene rings is 1. The first-order valence-corrected chi connectivity index (χ1v) is 10.7. The number of carbonyl (C=O) groups is 2. The molecule has 1 amide bonds. The minimum absolute atomic E-state index is 0.00619. The van der Waals surface area contributed by atoms with Gasteiger partial charge in [0.25, 0.3) is 5.91 Å². The second-order valence-electron chi connectivity index (χ2n) is 5.69. The Balaban J connectivity index is 1.75. The van der Waals surface area contributed by atoms with E-state index < -0.39 is 5.97 Å². The van der Waals surface area contributed by atoms with E-state index in [0.29, 0.717) is 32.2 Å². The van der Waals surface area contributed by atoms with E-state index >= 15 is 0 Å². The van der Waals surface area contributed by atoms with Gasteiger partial charge in [-0.05, 0) is 41.6 Å². The van der Waals surface area contributed by atoms with Crippen molar-refractivity contribution in [2.45, 2.75) is 12.8 Å². The van der Waals surface area contributed by atoms with Crippen molar-refractivity contribution in [3.8, 4) is 11.1 Å². The van der Waals surface area contributed by atoms with E-state index in [2.05, 4.69) is 0 Å². The highest BCUT2D eigenvalue weighted by Crippen LogP contribution is 2.37. The van der Waals surface area contributed by atoms with Gasteiger partial charge in [0.2, 0.25) is 0 Å². The van der Waals surface area contributed by atoms with E-state index in [0.717, 1.165) is 16.0 Å². The molecule has 4 nitrogen and oxygen atoms in total. The van der Waals surface area contributed by atoms with Gasteiger partial charge in [0, 0.05) is 33.5 Å². The summed E-state index contributed by atoms with van der Waals surface area (Å²) in [5, 5.41) is 11.8. The summed E-state index contributed by atoms with van der Waals surface area (Å²) in [5.41, 5.74) is 1.82. The third kappa shape index (κ3) is 4.92. The molecule has 1 aromatic heterocycles. The number of halogens is 2. The molecular formula is C18H13Cl2NO3S3. The molecule has 0 radical (unpaired) electrons. The minimum atomic E-state index is -0.886. The smallest absolute Gasteiger partial charge is 0.303 e. The first kappa shape index (κ1) is 20.4. The summed E-state index contributed by atoms with van der Waals surface area (Å²) in [6, 6.07) is 7.29. The Morgan fingerprint density at radius 2 is 2.07 bits per heavy atom. The molecule has 3 rings (SSSR count). The lowest BCUT2D eigenvalue weighted by Crippen LogP contribution is -2.29. The summed E-state index contributed by atoms with van der Waals surface area (Å²) in [7, 11) is 0. The van der Waals surface area contributed by atoms with Crippen LogP contribution >= 0.6 is 58.5 Å². The van der Waals surface area contributed by atoms with Gasteiger partial charge >= 0.3 is 5.97 Å². The van der Waals surface area contributed by atoms with Crippen molar-refractivity contribution in [1.29, 1.82) is 0 Å². The van der Waals surface area contributed by atoms with Gasteiger partial charge < -0.3 is 5.11 Å². The van der Waals surface area contributed by atoms with Crippen molar-refractivity contribution in [3.05, 3.63) is 49.5 Å². The molecular weight excluding hydrogens is 445 g/mol. The van der Waals surface area contributed by atoms with Gasteiger partial charge in [-0.15, -0.1) is 11.3 Å². The molecule has 0 atom stereocenters. The first-order valence-electron chi connectivity index (χ1n) is 7.86. The third-order valence-corrected chi connectivity index (χ3v) is 6.59. The molecule has 1 N–H and O–H groups in total. The number of rotatable bonds is 6. The molecule has 9 heteroatoms. The molecule has 0 saturated carbocycles. The Morgan fingerprint density at radius 3 is 2.78 bits per heavy atom. The van der Waals surface area contributed by atoms with E-state index in [-0.39, 0.29) is 12.3 Å². The fraction of sp³-hybridized carbons (Fsp3) is 0.167. The van der Waals surface area contributed by atoms with Crippen LogP contribution in [0.25, 0.3) is 17.2 Å². The normalized spacial score (nSPS) is 15.8.